The molecular formula is C23H29ClF2N4O8P2. The van der Waals surface area contributed by atoms with E-state index in [4.69, 9.17) is 25.9 Å². The minimum absolute atomic E-state index is 0.00932. The van der Waals surface area contributed by atoms with Crippen LogP contribution in [0, 0.1) is 5.82 Å². The lowest BCUT2D eigenvalue weighted by molar-refractivity contribution is -0.0349. The van der Waals surface area contributed by atoms with Crippen LogP contribution in [-0.4, -0.2) is 64.2 Å². The number of allylic oxidation sites excluding steroid dienone is 1. The first-order valence-corrected chi connectivity index (χ1v) is 15.8. The molecule has 0 aliphatic rings. The van der Waals surface area contributed by atoms with Crippen LogP contribution in [-0.2, 0) is 13.7 Å². The Bertz CT molecular complexity index is 1470. The van der Waals surface area contributed by atoms with E-state index in [1.165, 1.54) is 30.5 Å². The van der Waals surface area contributed by atoms with Crippen LogP contribution in [0.3, 0.4) is 0 Å². The fourth-order valence-electron chi connectivity index (χ4n) is 3.89. The highest BCUT2D eigenvalue weighted by Gasteiger charge is 2.35. The monoisotopic (exact) mass is 624 g/mol. The smallest absolute Gasteiger partial charge is 0.340 e. The lowest BCUT2D eigenvalue weighted by Crippen LogP contribution is -2.34. The van der Waals surface area contributed by atoms with Crippen molar-refractivity contribution in [3.05, 3.63) is 64.8 Å². The van der Waals surface area contributed by atoms with Crippen molar-refractivity contribution >= 4 is 43.6 Å². The summed E-state index contributed by atoms with van der Waals surface area (Å²) < 4.78 is 57.8. The predicted octanol–water partition coefficient (Wildman–Crippen LogP) is 4.26. The summed E-state index contributed by atoms with van der Waals surface area (Å²) in [4.78, 5) is 35.8. The first-order chi connectivity index (χ1) is 18.6. The molecule has 3 rings (SSSR count). The van der Waals surface area contributed by atoms with Gasteiger partial charge in [0.15, 0.2) is 18.3 Å². The second-order valence-corrected chi connectivity index (χ2v) is 13.3. The van der Waals surface area contributed by atoms with Crippen molar-refractivity contribution < 1.29 is 47.3 Å². The van der Waals surface area contributed by atoms with Crippen LogP contribution in [0.1, 0.15) is 38.1 Å². The van der Waals surface area contributed by atoms with Crippen molar-refractivity contribution in [2.24, 2.45) is 0 Å². The number of halogens is 3. The van der Waals surface area contributed by atoms with Crippen LogP contribution >= 0.6 is 26.8 Å². The van der Waals surface area contributed by atoms with Crippen molar-refractivity contribution in [1.82, 2.24) is 14.5 Å². The normalized spacial score (nSPS) is 17.3. The Morgan fingerprint density at radius 3 is 2.55 bits per heavy atom. The van der Waals surface area contributed by atoms with Gasteiger partial charge in [0.05, 0.1) is 18.0 Å². The van der Waals surface area contributed by atoms with Gasteiger partial charge in [0.25, 0.3) is 0 Å². The summed E-state index contributed by atoms with van der Waals surface area (Å²) in [7, 11) is -9.68. The van der Waals surface area contributed by atoms with Crippen LogP contribution in [0.15, 0.2) is 48.2 Å². The number of fused-ring (bicyclic) bond motifs is 1. The van der Waals surface area contributed by atoms with Gasteiger partial charge in [-0.3, -0.25) is 9.13 Å². The summed E-state index contributed by atoms with van der Waals surface area (Å²) in [5.74, 6) is -1.66. The van der Waals surface area contributed by atoms with Crippen molar-refractivity contribution in [2.45, 2.75) is 44.8 Å². The van der Waals surface area contributed by atoms with Gasteiger partial charge in [-0.15, -0.1) is 0 Å². The quantitative estimate of drug-likeness (QED) is 0.0906. The van der Waals surface area contributed by atoms with Crippen LogP contribution in [0.25, 0.3) is 11.0 Å². The molecule has 0 amide bonds. The number of nitrogens with one attached hydrogen (secondary N) is 1. The lowest BCUT2D eigenvalue weighted by Gasteiger charge is -2.25. The largest absolute Gasteiger partial charge is 0.385 e. The van der Waals surface area contributed by atoms with Gasteiger partial charge < -0.3 is 39.3 Å². The van der Waals surface area contributed by atoms with Gasteiger partial charge in [0, 0.05) is 6.20 Å². The Labute approximate surface area is 233 Å². The second-order valence-electron chi connectivity index (χ2n) is 8.93. The molecule has 0 aliphatic heterocycles. The summed E-state index contributed by atoms with van der Waals surface area (Å²) >= 11 is 6.08. The Morgan fingerprint density at radius 2 is 1.93 bits per heavy atom. The van der Waals surface area contributed by atoms with Gasteiger partial charge in [-0.1, -0.05) is 25.1 Å². The van der Waals surface area contributed by atoms with Crippen LogP contribution in [0.2, 0.25) is 5.28 Å². The number of aliphatic hydroxyl groups excluding tert-OH is 2. The Kier molecular flexibility index (Phi) is 10.6. The van der Waals surface area contributed by atoms with E-state index in [1.54, 1.807) is 26.0 Å². The van der Waals surface area contributed by atoms with Crippen molar-refractivity contribution in [1.29, 1.82) is 0 Å². The third-order valence-electron chi connectivity index (χ3n) is 5.76. The summed E-state index contributed by atoms with van der Waals surface area (Å²) in [5.41, 5.74) is 0.388. The number of anilines is 1. The summed E-state index contributed by atoms with van der Waals surface area (Å²) in [6.07, 6.45) is -3.65. The molecule has 40 heavy (non-hydrogen) atoms. The van der Waals surface area contributed by atoms with Gasteiger partial charge in [-0.05, 0) is 54.3 Å². The number of rotatable bonds is 13. The molecule has 0 aliphatic carbocycles. The molecule has 12 nitrogen and oxygen atoms in total. The van der Waals surface area contributed by atoms with E-state index in [-0.39, 0.29) is 28.7 Å². The highest BCUT2D eigenvalue weighted by atomic mass is 35.5. The second kappa shape index (κ2) is 13.2. The van der Waals surface area contributed by atoms with Gasteiger partial charge >= 0.3 is 15.2 Å². The van der Waals surface area contributed by atoms with E-state index in [2.05, 4.69) is 15.3 Å². The van der Waals surface area contributed by atoms with E-state index in [0.29, 0.717) is 10.9 Å². The molecule has 0 saturated carbocycles. The van der Waals surface area contributed by atoms with Crippen molar-refractivity contribution in [2.75, 3.05) is 17.8 Å². The number of hydrogen-bond acceptors (Lipinski definition) is 8. The number of aromatic nitrogens is 3. The summed E-state index contributed by atoms with van der Waals surface area (Å²) in [6, 6.07) is 6.95. The number of hydrogen-bond donors (Lipinski definition) is 6. The van der Waals surface area contributed by atoms with Gasteiger partial charge in [-0.25, -0.2) is 13.8 Å². The van der Waals surface area contributed by atoms with Gasteiger partial charge in [0.2, 0.25) is 5.28 Å². The Morgan fingerprint density at radius 1 is 1.23 bits per heavy atom. The first-order valence-electron chi connectivity index (χ1n) is 11.9. The minimum Gasteiger partial charge on any atom is -0.385 e. The molecule has 2 aromatic heterocycles. The maximum absolute atomic E-state index is 15.4. The Balaban J connectivity index is 1.83. The zero-order chi connectivity index (χ0) is 29.8. The highest BCUT2D eigenvalue weighted by molar-refractivity contribution is 7.70. The van der Waals surface area contributed by atoms with E-state index >= 15 is 4.39 Å². The molecule has 0 saturated heterocycles. The molecule has 17 heteroatoms. The fraction of sp³-hybridized carbons (Fsp3) is 0.391. The maximum atomic E-state index is 15.4. The zero-order valence-corrected chi connectivity index (χ0v) is 23.8. The van der Waals surface area contributed by atoms with E-state index in [0.717, 1.165) is 4.57 Å². The third-order valence-corrected chi connectivity index (χ3v) is 9.37. The first kappa shape index (κ1) is 32.3. The van der Waals surface area contributed by atoms with Gasteiger partial charge in [-0.2, -0.15) is 4.98 Å². The zero-order valence-electron chi connectivity index (χ0n) is 21.3. The van der Waals surface area contributed by atoms with Crippen molar-refractivity contribution in [3.63, 3.8) is 0 Å². The molecule has 0 bridgehead atoms. The van der Waals surface area contributed by atoms with E-state index in [9.17, 15) is 28.6 Å². The lowest BCUT2D eigenvalue weighted by atomic mass is 10.0. The van der Waals surface area contributed by atoms with E-state index < -0.39 is 58.1 Å². The SMILES string of the molecule is CC/C=C(/COP(=O)(O)CP(=O)(O)O)[C@@H](O)[C@H](F)[C@@H](O)n1ccc2c(N[C@@H](C)c3cccc(F)c3)nc(Cl)nc21. The molecule has 0 spiro atoms. The molecule has 0 fully saturated rings. The average molecular weight is 625 g/mol. The highest BCUT2D eigenvalue weighted by Crippen LogP contribution is 2.55. The van der Waals surface area contributed by atoms with E-state index in [1.807, 2.05) is 0 Å². The molecule has 6 N–H and O–H groups in total. The maximum Gasteiger partial charge on any atom is 0.340 e. The molecule has 1 aromatic carbocycles. The molecule has 3 aromatic rings. The molecule has 0 radical (unpaired) electrons. The number of alkyl halides is 1. The molecule has 2 heterocycles. The molecule has 220 valence electrons. The molecule has 5 atom stereocenters. The van der Waals surface area contributed by atoms with Crippen LogP contribution < -0.4 is 5.32 Å². The molecule has 1 unspecified atom stereocenters. The molecular weight excluding hydrogens is 596 g/mol. The fourth-order valence-corrected chi connectivity index (χ4v) is 6.60. The minimum atomic E-state index is -4.90. The Hall–Kier alpha value is -2.25. The topological polar surface area (TPSA) is 187 Å². The third kappa shape index (κ3) is 8.39. The number of aliphatic hydroxyl groups is 2. The summed E-state index contributed by atoms with van der Waals surface area (Å²) in [6.45, 7) is 2.55. The van der Waals surface area contributed by atoms with Crippen LogP contribution in [0.4, 0.5) is 14.6 Å². The number of nitrogens with zero attached hydrogens (tertiary/aromatic N) is 3. The van der Waals surface area contributed by atoms with Crippen LogP contribution in [0.5, 0.6) is 0 Å². The standard InChI is InChI=1S/C23H29ClF2N4O8P2/c1-3-5-15(11-38-40(36,37)12-39(33,34)35)19(31)18(26)22(32)30-9-8-17-20(28-23(24)29-21(17)30)27-13(2)14-6-4-7-16(25)10-14/h4-10,13,18-19,22,31-32H,3,11-12H2,1-2H3,(H,36,37)(H,27,28,29)(H2,33,34,35)/b15-5-/t13-,18-,19+,22+/m0/s1. The predicted molar refractivity (Wildman–Crippen MR) is 144 cm³/mol. The summed E-state index contributed by atoms with van der Waals surface area (Å²) in [5, 5.41) is 24.6. The number of benzene rings is 1. The van der Waals surface area contributed by atoms with Gasteiger partial charge in [0.1, 0.15) is 23.4 Å². The average Bonchev–Trinajstić information content (AvgIpc) is 3.27. The van der Waals surface area contributed by atoms with Crippen molar-refractivity contribution in [3.8, 4) is 0 Å².